The molecule has 0 amide bonds. The molecule has 6 heteroatoms. The number of hydrogen-bond donors (Lipinski definition) is 0. The third kappa shape index (κ3) is 4.61. The van der Waals surface area contributed by atoms with Gasteiger partial charge in [-0.2, -0.15) is 0 Å². The van der Waals surface area contributed by atoms with Crippen LogP contribution in [0.3, 0.4) is 0 Å². The molecule has 1 saturated carbocycles. The van der Waals surface area contributed by atoms with Gasteiger partial charge in [0.05, 0.1) is 17.7 Å². The van der Waals surface area contributed by atoms with Crippen LogP contribution in [0.25, 0.3) is 0 Å². The van der Waals surface area contributed by atoms with Crippen molar-refractivity contribution in [3.05, 3.63) is 52.2 Å². The van der Waals surface area contributed by atoms with Crippen LogP contribution in [0.1, 0.15) is 68.6 Å². The van der Waals surface area contributed by atoms with Crippen LogP contribution in [0, 0.1) is 5.92 Å². The van der Waals surface area contributed by atoms with E-state index in [-0.39, 0.29) is 11.5 Å². The summed E-state index contributed by atoms with van der Waals surface area (Å²) in [5.41, 5.74) is 2.08. The van der Waals surface area contributed by atoms with Gasteiger partial charge in [0, 0.05) is 31.3 Å². The zero-order chi connectivity index (χ0) is 18.8. The lowest BCUT2D eigenvalue weighted by atomic mass is 9.96. The molecule has 27 heavy (non-hydrogen) atoms. The van der Waals surface area contributed by atoms with E-state index in [1.807, 2.05) is 12.3 Å². The van der Waals surface area contributed by atoms with Gasteiger partial charge in [0.15, 0.2) is 0 Å². The van der Waals surface area contributed by atoms with Crippen LogP contribution in [0.4, 0.5) is 0 Å². The molecule has 0 unspecified atom stereocenters. The van der Waals surface area contributed by atoms with Gasteiger partial charge in [0.1, 0.15) is 5.82 Å². The molecule has 2 aromatic rings. The average molecular weight is 367 g/mol. The lowest BCUT2D eigenvalue weighted by Gasteiger charge is -2.31. The number of piperidine rings is 1. The summed E-state index contributed by atoms with van der Waals surface area (Å²) >= 11 is 0. The minimum absolute atomic E-state index is 0.0738. The molecule has 4 rings (SSSR count). The number of aromatic nitrogens is 4. The van der Waals surface area contributed by atoms with Crippen LogP contribution in [-0.2, 0) is 13.1 Å². The summed E-state index contributed by atoms with van der Waals surface area (Å²) in [5.74, 6) is 2.46. The first-order valence-electron chi connectivity index (χ1n) is 10.2. The van der Waals surface area contributed by atoms with E-state index in [1.165, 1.54) is 12.8 Å². The molecule has 2 aliphatic rings. The summed E-state index contributed by atoms with van der Waals surface area (Å²) in [6.45, 7) is 7.91. The molecule has 144 valence electrons. The first kappa shape index (κ1) is 18.3. The van der Waals surface area contributed by atoms with Crippen LogP contribution in [0.5, 0.6) is 0 Å². The Balaban J connectivity index is 1.30. The molecule has 6 nitrogen and oxygen atoms in total. The second-order valence-electron chi connectivity index (χ2n) is 8.36. The van der Waals surface area contributed by atoms with Crippen LogP contribution >= 0.6 is 0 Å². The highest BCUT2D eigenvalue weighted by molar-refractivity contribution is 5.10. The standard InChI is InChI=1S/C21H29N5O/c1-15(2)19-11-20(27)26(14-23-19)12-16-6-9-25(10-7-16)13-18-5-8-22-21(24-18)17-3-4-17/h5,8,11,14-17H,3-4,6-7,9-10,12-13H2,1-2H3. The van der Waals surface area contributed by atoms with Crippen molar-refractivity contribution in [1.82, 2.24) is 24.4 Å². The van der Waals surface area contributed by atoms with Gasteiger partial charge in [-0.05, 0) is 56.7 Å². The van der Waals surface area contributed by atoms with E-state index in [0.29, 0.717) is 11.8 Å². The average Bonchev–Trinajstić information content (AvgIpc) is 3.50. The van der Waals surface area contributed by atoms with Crippen LogP contribution in [0.15, 0.2) is 29.5 Å². The SMILES string of the molecule is CC(C)c1cc(=O)n(CC2CCN(Cc3ccnc(C4CC4)n3)CC2)cn1. The predicted octanol–water partition coefficient (Wildman–Crippen LogP) is 2.95. The Morgan fingerprint density at radius 1 is 1.15 bits per heavy atom. The highest BCUT2D eigenvalue weighted by Crippen LogP contribution is 2.37. The third-order valence-corrected chi connectivity index (χ3v) is 5.71. The van der Waals surface area contributed by atoms with Crippen molar-refractivity contribution in [2.24, 2.45) is 5.92 Å². The maximum Gasteiger partial charge on any atom is 0.253 e. The normalized spacial score (nSPS) is 18.9. The summed E-state index contributed by atoms with van der Waals surface area (Å²) < 4.78 is 1.78. The molecule has 0 atom stereocenters. The van der Waals surface area contributed by atoms with Gasteiger partial charge in [-0.15, -0.1) is 0 Å². The molecule has 0 aromatic carbocycles. The Labute approximate surface area is 160 Å². The fourth-order valence-electron chi connectivity index (χ4n) is 3.77. The third-order valence-electron chi connectivity index (χ3n) is 5.71. The maximum absolute atomic E-state index is 12.3. The minimum atomic E-state index is 0.0738. The lowest BCUT2D eigenvalue weighted by Crippen LogP contribution is -2.36. The van der Waals surface area contributed by atoms with Gasteiger partial charge in [-0.25, -0.2) is 15.0 Å². The van der Waals surface area contributed by atoms with Crippen molar-refractivity contribution >= 4 is 0 Å². The summed E-state index contributed by atoms with van der Waals surface area (Å²) in [5, 5.41) is 0. The highest BCUT2D eigenvalue weighted by Gasteiger charge is 2.27. The van der Waals surface area contributed by atoms with Gasteiger partial charge >= 0.3 is 0 Å². The smallest absolute Gasteiger partial charge is 0.253 e. The monoisotopic (exact) mass is 367 g/mol. The maximum atomic E-state index is 12.3. The zero-order valence-electron chi connectivity index (χ0n) is 16.3. The second-order valence-corrected chi connectivity index (χ2v) is 8.36. The molecule has 0 spiro atoms. The fraction of sp³-hybridized carbons (Fsp3) is 0.619. The molecule has 0 N–H and O–H groups in total. The molecule has 0 radical (unpaired) electrons. The Bertz CT molecular complexity index is 834. The van der Waals surface area contributed by atoms with Crippen molar-refractivity contribution in [3.63, 3.8) is 0 Å². The van der Waals surface area contributed by atoms with E-state index in [0.717, 1.165) is 56.2 Å². The Hall–Kier alpha value is -2.08. The van der Waals surface area contributed by atoms with E-state index < -0.39 is 0 Å². The van der Waals surface area contributed by atoms with E-state index in [4.69, 9.17) is 4.98 Å². The van der Waals surface area contributed by atoms with Gasteiger partial charge in [0.2, 0.25) is 0 Å². The van der Waals surface area contributed by atoms with Crippen molar-refractivity contribution in [3.8, 4) is 0 Å². The Morgan fingerprint density at radius 3 is 2.59 bits per heavy atom. The van der Waals surface area contributed by atoms with Gasteiger partial charge in [-0.1, -0.05) is 13.8 Å². The van der Waals surface area contributed by atoms with E-state index in [2.05, 4.69) is 28.7 Å². The van der Waals surface area contributed by atoms with E-state index in [9.17, 15) is 4.79 Å². The predicted molar refractivity (Wildman–Crippen MR) is 105 cm³/mol. The van der Waals surface area contributed by atoms with E-state index >= 15 is 0 Å². The van der Waals surface area contributed by atoms with Crippen LogP contribution < -0.4 is 5.56 Å². The quantitative estimate of drug-likeness (QED) is 0.785. The second kappa shape index (κ2) is 7.89. The topological polar surface area (TPSA) is 63.9 Å². The highest BCUT2D eigenvalue weighted by atomic mass is 16.1. The first-order valence-corrected chi connectivity index (χ1v) is 10.2. The van der Waals surface area contributed by atoms with Crippen molar-refractivity contribution in [2.75, 3.05) is 13.1 Å². The number of rotatable bonds is 6. The van der Waals surface area contributed by atoms with Gasteiger partial charge < -0.3 is 0 Å². The molecule has 3 heterocycles. The number of nitrogens with zero attached hydrogens (tertiary/aromatic N) is 5. The molecule has 0 bridgehead atoms. The Kier molecular flexibility index (Phi) is 5.34. The van der Waals surface area contributed by atoms with Crippen molar-refractivity contribution in [2.45, 2.75) is 64.5 Å². The number of likely N-dealkylation sites (tertiary alicyclic amines) is 1. The summed E-state index contributed by atoms with van der Waals surface area (Å²) in [7, 11) is 0. The lowest BCUT2D eigenvalue weighted by molar-refractivity contribution is 0.164. The van der Waals surface area contributed by atoms with Crippen molar-refractivity contribution < 1.29 is 0 Å². The van der Waals surface area contributed by atoms with Crippen LogP contribution in [-0.4, -0.2) is 37.5 Å². The fourth-order valence-corrected chi connectivity index (χ4v) is 3.77. The summed E-state index contributed by atoms with van der Waals surface area (Å²) in [4.78, 5) is 28.4. The first-order chi connectivity index (χ1) is 13.1. The molecule has 1 saturated heterocycles. The summed E-state index contributed by atoms with van der Waals surface area (Å²) in [6, 6.07) is 3.73. The molecule has 1 aliphatic heterocycles. The molecule has 1 aliphatic carbocycles. The molecular formula is C21H29N5O. The van der Waals surface area contributed by atoms with E-state index in [1.54, 1.807) is 17.0 Å². The van der Waals surface area contributed by atoms with Gasteiger partial charge in [0.25, 0.3) is 5.56 Å². The van der Waals surface area contributed by atoms with Gasteiger partial charge in [-0.3, -0.25) is 14.3 Å². The largest absolute Gasteiger partial charge is 0.299 e. The Morgan fingerprint density at radius 2 is 1.93 bits per heavy atom. The molecular weight excluding hydrogens is 338 g/mol. The minimum Gasteiger partial charge on any atom is -0.299 e. The molecule has 2 fully saturated rings. The molecule has 2 aromatic heterocycles. The summed E-state index contributed by atoms with van der Waals surface area (Å²) in [6.07, 6.45) is 8.33. The number of hydrogen-bond acceptors (Lipinski definition) is 5. The zero-order valence-corrected chi connectivity index (χ0v) is 16.3. The van der Waals surface area contributed by atoms with Crippen LogP contribution in [0.2, 0.25) is 0 Å². The van der Waals surface area contributed by atoms with Crippen molar-refractivity contribution in [1.29, 1.82) is 0 Å².